The molecule has 0 unspecified atom stereocenters. The van der Waals surface area contributed by atoms with Crippen LogP contribution >= 0.6 is 11.3 Å². The van der Waals surface area contributed by atoms with E-state index in [9.17, 15) is 0 Å². The smallest absolute Gasteiger partial charge is 0.149 e. The number of aryl methyl sites for hydroxylation is 1. The third kappa shape index (κ3) is 1.97. The first-order valence-corrected chi connectivity index (χ1v) is 7.18. The van der Waals surface area contributed by atoms with Crippen molar-refractivity contribution >= 4 is 27.4 Å². The number of nitrogens with two attached hydrogens (primary N) is 1. The third-order valence-electron chi connectivity index (χ3n) is 3.68. The number of fused-ring (bicyclic) bond motifs is 1. The van der Waals surface area contributed by atoms with E-state index < -0.39 is 0 Å². The van der Waals surface area contributed by atoms with Gasteiger partial charge in [0.25, 0.3) is 0 Å². The number of hydrogen-bond acceptors (Lipinski definition) is 5. The summed E-state index contributed by atoms with van der Waals surface area (Å²) in [6, 6.07) is 0.415. The van der Waals surface area contributed by atoms with Crippen LogP contribution in [0.15, 0.2) is 11.7 Å². The predicted octanol–water partition coefficient (Wildman–Crippen LogP) is 2.17. The maximum Gasteiger partial charge on any atom is 0.149 e. The van der Waals surface area contributed by atoms with Crippen molar-refractivity contribution in [1.29, 1.82) is 0 Å². The average Bonchev–Trinajstić information content (AvgIpc) is 2.69. The van der Waals surface area contributed by atoms with E-state index in [0.29, 0.717) is 6.04 Å². The van der Waals surface area contributed by atoms with E-state index in [1.165, 1.54) is 10.3 Å². The van der Waals surface area contributed by atoms with E-state index in [0.717, 1.165) is 36.6 Å². The van der Waals surface area contributed by atoms with Crippen LogP contribution < -0.4 is 10.6 Å². The fourth-order valence-corrected chi connectivity index (χ4v) is 3.68. The zero-order valence-corrected chi connectivity index (χ0v) is 11.6. The maximum absolute atomic E-state index is 5.84. The maximum atomic E-state index is 5.84. The molecule has 0 atom stereocenters. The van der Waals surface area contributed by atoms with Gasteiger partial charge in [-0.25, -0.2) is 9.97 Å². The Labute approximate surface area is 111 Å². The lowest BCUT2D eigenvalue weighted by Crippen LogP contribution is -2.42. The second-order valence-electron chi connectivity index (χ2n) is 5.27. The number of aromatic nitrogens is 2. The quantitative estimate of drug-likeness (QED) is 0.921. The van der Waals surface area contributed by atoms with Gasteiger partial charge in [-0.05, 0) is 36.6 Å². The Morgan fingerprint density at radius 1 is 1.44 bits per heavy atom. The molecular formula is C13H18N4S. The van der Waals surface area contributed by atoms with Crippen molar-refractivity contribution in [2.45, 2.75) is 25.8 Å². The number of thiophene rings is 1. The predicted molar refractivity (Wildman–Crippen MR) is 76.1 cm³/mol. The highest BCUT2D eigenvalue weighted by atomic mass is 32.1. The summed E-state index contributed by atoms with van der Waals surface area (Å²) in [7, 11) is 2.11. The molecule has 0 spiro atoms. The first kappa shape index (κ1) is 11.9. The molecular weight excluding hydrogens is 244 g/mol. The van der Waals surface area contributed by atoms with Gasteiger partial charge in [-0.1, -0.05) is 0 Å². The Bertz CT molecular complexity index is 559. The van der Waals surface area contributed by atoms with Crippen LogP contribution in [0.25, 0.3) is 10.2 Å². The Balaban J connectivity index is 1.84. The Kier molecular flexibility index (Phi) is 2.95. The summed E-state index contributed by atoms with van der Waals surface area (Å²) in [5.41, 5.74) is 8.15. The lowest BCUT2D eigenvalue weighted by Gasteiger charge is -2.35. The topological polar surface area (TPSA) is 55.0 Å². The second-order valence-corrected chi connectivity index (χ2v) is 6.15. The average molecular weight is 262 g/mol. The normalized spacial score (nSPS) is 23.1. The molecule has 4 nitrogen and oxygen atoms in total. The zero-order chi connectivity index (χ0) is 12.7. The number of anilines is 1. The molecule has 0 amide bonds. The fraction of sp³-hybridized carbons (Fsp3) is 0.538. The molecule has 1 saturated carbocycles. The van der Waals surface area contributed by atoms with Crippen LogP contribution in [0.3, 0.4) is 0 Å². The van der Waals surface area contributed by atoms with Gasteiger partial charge in [0, 0.05) is 19.6 Å². The molecule has 0 aromatic carbocycles. The summed E-state index contributed by atoms with van der Waals surface area (Å²) in [5, 5.41) is 2.15. The summed E-state index contributed by atoms with van der Waals surface area (Å²) >= 11 is 1.73. The van der Waals surface area contributed by atoms with Crippen LogP contribution in [0, 0.1) is 12.8 Å². The molecule has 2 aromatic heterocycles. The van der Waals surface area contributed by atoms with Crippen LogP contribution in [0.5, 0.6) is 0 Å². The zero-order valence-electron chi connectivity index (χ0n) is 10.8. The van der Waals surface area contributed by atoms with Crippen molar-refractivity contribution in [2.75, 3.05) is 18.5 Å². The first-order valence-electron chi connectivity index (χ1n) is 6.30. The van der Waals surface area contributed by atoms with Crippen LogP contribution in [0.1, 0.15) is 18.4 Å². The molecule has 0 aliphatic heterocycles. The Morgan fingerprint density at radius 3 is 2.94 bits per heavy atom. The molecule has 1 aliphatic carbocycles. The summed E-state index contributed by atoms with van der Waals surface area (Å²) in [4.78, 5) is 11.1. The van der Waals surface area contributed by atoms with Gasteiger partial charge in [0.15, 0.2) is 0 Å². The van der Waals surface area contributed by atoms with Crippen molar-refractivity contribution in [1.82, 2.24) is 9.97 Å². The SMILES string of the molecule is Cc1csc2c(N(C)CC3CC(N)C3)ncnc12. The lowest BCUT2D eigenvalue weighted by atomic mass is 9.80. The Hall–Kier alpha value is -1.20. The van der Waals surface area contributed by atoms with E-state index >= 15 is 0 Å². The molecule has 2 heterocycles. The van der Waals surface area contributed by atoms with Crippen molar-refractivity contribution in [3.05, 3.63) is 17.3 Å². The van der Waals surface area contributed by atoms with Crippen molar-refractivity contribution in [3.8, 4) is 0 Å². The molecule has 0 saturated heterocycles. The van der Waals surface area contributed by atoms with Gasteiger partial charge in [-0.2, -0.15) is 0 Å². The molecule has 0 radical (unpaired) electrons. The number of nitrogens with zero attached hydrogens (tertiary/aromatic N) is 3. The van der Waals surface area contributed by atoms with Gasteiger partial charge >= 0.3 is 0 Å². The van der Waals surface area contributed by atoms with Gasteiger partial charge in [0.1, 0.15) is 12.1 Å². The van der Waals surface area contributed by atoms with E-state index in [-0.39, 0.29) is 0 Å². The van der Waals surface area contributed by atoms with Crippen LogP contribution in [-0.2, 0) is 0 Å². The van der Waals surface area contributed by atoms with Crippen LogP contribution in [-0.4, -0.2) is 29.6 Å². The number of hydrogen-bond donors (Lipinski definition) is 1. The molecule has 5 heteroatoms. The molecule has 2 N–H and O–H groups in total. The molecule has 96 valence electrons. The highest BCUT2D eigenvalue weighted by molar-refractivity contribution is 7.18. The molecule has 1 aliphatic rings. The summed E-state index contributed by atoms with van der Waals surface area (Å²) < 4.78 is 1.20. The summed E-state index contributed by atoms with van der Waals surface area (Å²) in [5.74, 6) is 1.77. The molecule has 3 rings (SSSR count). The Morgan fingerprint density at radius 2 is 2.22 bits per heavy atom. The van der Waals surface area contributed by atoms with Crippen LogP contribution in [0.4, 0.5) is 5.82 Å². The monoisotopic (exact) mass is 262 g/mol. The minimum absolute atomic E-state index is 0.415. The molecule has 18 heavy (non-hydrogen) atoms. The minimum Gasteiger partial charge on any atom is -0.358 e. The van der Waals surface area contributed by atoms with E-state index in [4.69, 9.17) is 5.73 Å². The third-order valence-corrected chi connectivity index (χ3v) is 4.76. The standard InChI is InChI=1S/C13H18N4S/c1-8-6-18-12-11(8)15-7-16-13(12)17(2)5-9-3-10(14)4-9/h6-7,9-10H,3-5,14H2,1-2H3. The van der Waals surface area contributed by atoms with E-state index in [2.05, 4.69) is 34.2 Å². The minimum atomic E-state index is 0.415. The molecule has 2 aromatic rings. The largest absolute Gasteiger partial charge is 0.358 e. The van der Waals surface area contributed by atoms with Gasteiger partial charge < -0.3 is 10.6 Å². The van der Waals surface area contributed by atoms with E-state index in [1.807, 2.05) is 0 Å². The molecule has 1 fully saturated rings. The second kappa shape index (κ2) is 4.48. The van der Waals surface area contributed by atoms with E-state index in [1.54, 1.807) is 17.7 Å². The van der Waals surface area contributed by atoms with Gasteiger partial charge in [0.05, 0.1) is 10.2 Å². The highest BCUT2D eigenvalue weighted by Crippen LogP contribution is 2.32. The van der Waals surface area contributed by atoms with Crippen molar-refractivity contribution < 1.29 is 0 Å². The first-order chi connectivity index (χ1) is 8.65. The highest BCUT2D eigenvalue weighted by Gasteiger charge is 2.27. The van der Waals surface area contributed by atoms with Gasteiger partial charge in [0.2, 0.25) is 0 Å². The lowest BCUT2D eigenvalue weighted by molar-refractivity contribution is 0.271. The van der Waals surface area contributed by atoms with Crippen molar-refractivity contribution in [3.63, 3.8) is 0 Å². The van der Waals surface area contributed by atoms with Crippen molar-refractivity contribution in [2.24, 2.45) is 11.7 Å². The summed E-state index contributed by atoms with van der Waals surface area (Å²) in [6.07, 6.45) is 3.95. The molecule has 0 bridgehead atoms. The fourth-order valence-electron chi connectivity index (χ4n) is 2.64. The number of rotatable bonds is 3. The van der Waals surface area contributed by atoms with Gasteiger partial charge in [-0.15, -0.1) is 11.3 Å². The van der Waals surface area contributed by atoms with Crippen LogP contribution in [0.2, 0.25) is 0 Å². The summed E-state index contributed by atoms with van der Waals surface area (Å²) in [6.45, 7) is 3.14. The van der Waals surface area contributed by atoms with Gasteiger partial charge in [-0.3, -0.25) is 0 Å².